The van der Waals surface area contributed by atoms with Gasteiger partial charge < -0.3 is 19.2 Å². The van der Waals surface area contributed by atoms with Crippen LogP contribution in [0.3, 0.4) is 0 Å². The van der Waals surface area contributed by atoms with Crippen LogP contribution >= 0.6 is 0 Å². The molecule has 1 aromatic carbocycles. The van der Waals surface area contributed by atoms with Gasteiger partial charge in [-0.25, -0.2) is 4.98 Å². The van der Waals surface area contributed by atoms with Gasteiger partial charge in [0.2, 0.25) is 0 Å². The van der Waals surface area contributed by atoms with Crippen LogP contribution in [0.4, 0.5) is 0 Å². The summed E-state index contributed by atoms with van der Waals surface area (Å²) in [7, 11) is 4.91. The third-order valence-electron chi connectivity index (χ3n) is 5.88. The number of benzene rings is 1. The number of ether oxygens (including phenoxy) is 3. The van der Waals surface area contributed by atoms with Crippen LogP contribution < -0.4 is 19.8 Å². The summed E-state index contributed by atoms with van der Waals surface area (Å²) in [4.78, 5) is 26.3. The quantitative estimate of drug-likeness (QED) is 0.608. The van der Waals surface area contributed by atoms with Crippen molar-refractivity contribution in [2.45, 2.75) is 25.3 Å². The van der Waals surface area contributed by atoms with Crippen LogP contribution in [0, 0.1) is 0 Å². The van der Waals surface area contributed by atoms with Crippen molar-refractivity contribution < 1.29 is 14.2 Å². The van der Waals surface area contributed by atoms with Crippen LogP contribution in [-0.2, 0) is 6.54 Å². The molecule has 0 saturated carbocycles. The van der Waals surface area contributed by atoms with E-state index < -0.39 is 0 Å². The fraction of sp³-hybridized carbons (Fsp3) is 0.375. The van der Waals surface area contributed by atoms with E-state index in [1.165, 1.54) is 0 Å². The normalized spacial score (nSPS) is 14.8. The van der Waals surface area contributed by atoms with Crippen molar-refractivity contribution in [3.63, 3.8) is 0 Å². The molecule has 1 aliphatic heterocycles. The van der Waals surface area contributed by atoms with Crippen molar-refractivity contribution in [2.24, 2.45) is 0 Å². The van der Waals surface area contributed by atoms with Crippen molar-refractivity contribution >= 4 is 0 Å². The molecule has 8 heteroatoms. The highest BCUT2D eigenvalue weighted by Crippen LogP contribution is 2.36. The van der Waals surface area contributed by atoms with Crippen LogP contribution in [-0.4, -0.2) is 54.3 Å². The topological polar surface area (TPSA) is 89.6 Å². The molecule has 3 aromatic rings. The van der Waals surface area contributed by atoms with Gasteiger partial charge in [0.05, 0.1) is 27.0 Å². The number of likely N-dealkylation sites (tertiary alicyclic amines) is 1. The fourth-order valence-corrected chi connectivity index (χ4v) is 4.17. The lowest BCUT2D eigenvalue weighted by Crippen LogP contribution is -2.33. The lowest BCUT2D eigenvalue weighted by Gasteiger charge is -2.32. The maximum atomic E-state index is 12.3. The number of nitrogens with zero attached hydrogens (tertiary/aromatic N) is 3. The van der Waals surface area contributed by atoms with Gasteiger partial charge >= 0.3 is 0 Å². The Balaban J connectivity index is 1.46. The summed E-state index contributed by atoms with van der Waals surface area (Å²) in [5.74, 6) is 2.93. The summed E-state index contributed by atoms with van der Waals surface area (Å²) >= 11 is 0. The van der Waals surface area contributed by atoms with Gasteiger partial charge in [0.25, 0.3) is 5.56 Å². The molecule has 0 bridgehead atoms. The molecule has 1 fully saturated rings. The molecule has 0 spiro atoms. The second-order valence-electron chi connectivity index (χ2n) is 7.83. The predicted octanol–water partition coefficient (Wildman–Crippen LogP) is 3.24. The molecule has 32 heavy (non-hydrogen) atoms. The van der Waals surface area contributed by atoms with Gasteiger partial charge in [0.15, 0.2) is 11.5 Å². The van der Waals surface area contributed by atoms with Crippen molar-refractivity contribution in [2.75, 3.05) is 34.4 Å². The highest BCUT2D eigenvalue weighted by molar-refractivity contribution is 5.53. The van der Waals surface area contributed by atoms with Crippen LogP contribution in [0.1, 0.15) is 30.0 Å². The molecule has 8 nitrogen and oxygen atoms in total. The number of aromatic nitrogens is 3. The minimum absolute atomic E-state index is 0.133. The molecule has 168 valence electrons. The number of piperidine rings is 1. The van der Waals surface area contributed by atoms with Crippen molar-refractivity contribution in [1.82, 2.24) is 19.9 Å². The van der Waals surface area contributed by atoms with Gasteiger partial charge in [-0.05, 0) is 44.1 Å². The molecule has 2 aromatic heterocycles. The maximum Gasteiger partial charge on any atom is 0.251 e. The van der Waals surface area contributed by atoms with Gasteiger partial charge in [0.1, 0.15) is 11.6 Å². The van der Waals surface area contributed by atoms with Gasteiger partial charge in [0, 0.05) is 48.1 Å². The number of H-pyrrole nitrogens is 1. The Hall–Kier alpha value is -3.39. The van der Waals surface area contributed by atoms with Crippen LogP contribution in [0.5, 0.6) is 17.2 Å². The van der Waals surface area contributed by atoms with E-state index in [0.29, 0.717) is 17.3 Å². The summed E-state index contributed by atoms with van der Waals surface area (Å²) in [5, 5.41) is 0. The Morgan fingerprint density at radius 3 is 2.41 bits per heavy atom. The van der Waals surface area contributed by atoms with Crippen molar-refractivity contribution in [3.8, 4) is 28.6 Å². The van der Waals surface area contributed by atoms with Crippen molar-refractivity contribution in [1.29, 1.82) is 0 Å². The number of methoxy groups -OCH3 is 3. The third-order valence-corrected chi connectivity index (χ3v) is 5.88. The molecular formula is C24H28N4O4. The number of hydrogen-bond donors (Lipinski definition) is 1. The summed E-state index contributed by atoms with van der Waals surface area (Å²) in [6.45, 7) is 2.55. The largest absolute Gasteiger partial charge is 0.496 e. The first-order valence-electron chi connectivity index (χ1n) is 10.6. The van der Waals surface area contributed by atoms with Crippen LogP contribution in [0.15, 0.2) is 47.5 Å². The molecular weight excluding hydrogens is 408 g/mol. The zero-order valence-electron chi connectivity index (χ0n) is 18.6. The van der Waals surface area contributed by atoms with E-state index in [4.69, 9.17) is 19.2 Å². The average molecular weight is 437 g/mol. The number of nitrogens with one attached hydrogen (secondary N) is 1. The predicted molar refractivity (Wildman–Crippen MR) is 121 cm³/mol. The second-order valence-corrected chi connectivity index (χ2v) is 7.83. The first-order chi connectivity index (χ1) is 15.6. The highest BCUT2D eigenvalue weighted by atomic mass is 16.5. The molecule has 0 aliphatic carbocycles. The summed E-state index contributed by atoms with van der Waals surface area (Å²) in [6, 6.07) is 9.19. The molecule has 1 aliphatic rings. The van der Waals surface area contributed by atoms with Gasteiger partial charge in [-0.2, -0.15) is 0 Å². The standard InChI is InChI=1S/C24H28N4O4/c1-30-20-13-22(32-3)21(31-2)11-18(20)15-28-9-6-16(7-10-28)19-12-23(29)27-24(26-19)17-5-4-8-25-14-17/h4-5,8,11-14,16H,6-7,9-10,15H2,1-3H3,(H,26,27,29). The molecule has 3 heterocycles. The third kappa shape index (κ3) is 4.75. The van der Waals surface area contributed by atoms with E-state index in [1.807, 2.05) is 24.3 Å². The zero-order valence-corrected chi connectivity index (χ0v) is 18.6. The fourth-order valence-electron chi connectivity index (χ4n) is 4.17. The number of hydrogen-bond acceptors (Lipinski definition) is 7. The molecule has 0 radical (unpaired) electrons. The average Bonchev–Trinajstić information content (AvgIpc) is 2.84. The summed E-state index contributed by atoms with van der Waals surface area (Å²) < 4.78 is 16.4. The van der Waals surface area contributed by atoms with Crippen LogP contribution in [0.25, 0.3) is 11.4 Å². The molecule has 1 saturated heterocycles. The molecule has 0 unspecified atom stereocenters. The summed E-state index contributed by atoms with van der Waals surface area (Å²) in [6.07, 6.45) is 5.27. The highest BCUT2D eigenvalue weighted by Gasteiger charge is 2.24. The van der Waals surface area contributed by atoms with E-state index >= 15 is 0 Å². The van der Waals surface area contributed by atoms with E-state index in [2.05, 4.69) is 14.9 Å². The maximum absolute atomic E-state index is 12.3. The first kappa shape index (κ1) is 21.8. The number of rotatable bonds is 7. The Morgan fingerprint density at radius 1 is 1.03 bits per heavy atom. The van der Waals surface area contributed by atoms with E-state index in [9.17, 15) is 4.79 Å². The van der Waals surface area contributed by atoms with E-state index in [-0.39, 0.29) is 11.5 Å². The van der Waals surface area contributed by atoms with Gasteiger partial charge in [-0.1, -0.05) is 0 Å². The molecule has 1 N–H and O–H groups in total. The molecule has 4 rings (SSSR count). The Bertz CT molecular complexity index is 1110. The lowest BCUT2D eigenvalue weighted by atomic mass is 9.93. The first-order valence-corrected chi connectivity index (χ1v) is 10.6. The van der Waals surface area contributed by atoms with Gasteiger partial charge in [-0.3, -0.25) is 14.7 Å². The summed E-state index contributed by atoms with van der Waals surface area (Å²) in [5.41, 5.74) is 2.57. The Labute approximate surface area is 187 Å². The monoisotopic (exact) mass is 436 g/mol. The van der Waals surface area contributed by atoms with Gasteiger partial charge in [-0.15, -0.1) is 0 Å². The van der Waals surface area contributed by atoms with E-state index in [0.717, 1.165) is 55.0 Å². The van der Waals surface area contributed by atoms with Crippen LogP contribution in [0.2, 0.25) is 0 Å². The number of aromatic amines is 1. The Morgan fingerprint density at radius 2 is 1.75 bits per heavy atom. The minimum atomic E-state index is -0.133. The minimum Gasteiger partial charge on any atom is -0.496 e. The molecule has 0 amide bonds. The SMILES string of the molecule is COc1cc(OC)c(OC)cc1CN1CCC(c2cc(=O)[nH]c(-c3cccnc3)n2)CC1. The lowest BCUT2D eigenvalue weighted by molar-refractivity contribution is 0.200. The Kier molecular flexibility index (Phi) is 6.70. The molecule has 0 atom stereocenters. The smallest absolute Gasteiger partial charge is 0.251 e. The zero-order chi connectivity index (χ0) is 22.5. The van der Waals surface area contributed by atoms with E-state index in [1.54, 1.807) is 39.8 Å². The second kappa shape index (κ2) is 9.82. The number of pyridine rings is 1. The van der Waals surface area contributed by atoms with Crippen molar-refractivity contribution in [3.05, 3.63) is 64.3 Å².